The number of rotatable bonds is 2. The number of ketones is 1. The first-order chi connectivity index (χ1) is 11.1. The standard InChI is InChI=1S/C17H13N3O2S/c18-7-5-10-1-3-11(4-2-10)13-9-12-14(21)17(22)6-8-19-16(17)20-15(12)23-13/h1-4,9,22H,5-6,8H2,(H,19,20)/t17-/m1/s1. The molecule has 0 saturated carbocycles. The molecular formula is C17H13N3O2S. The van der Waals surface area contributed by atoms with Crippen LogP contribution in [0.5, 0.6) is 0 Å². The molecule has 0 bridgehead atoms. The quantitative estimate of drug-likeness (QED) is 0.889. The minimum atomic E-state index is -1.48. The van der Waals surface area contributed by atoms with E-state index < -0.39 is 5.60 Å². The van der Waals surface area contributed by atoms with E-state index >= 15 is 0 Å². The summed E-state index contributed by atoms with van der Waals surface area (Å²) in [5, 5.41) is 22.9. The van der Waals surface area contributed by atoms with Gasteiger partial charge < -0.3 is 10.4 Å². The highest BCUT2D eigenvalue weighted by molar-refractivity contribution is 7.19. The van der Waals surface area contributed by atoms with Gasteiger partial charge in [0.05, 0.1) is 18.1 Å². The van der Waals surface area contributed by atoms with Gasteiger partial charge in [0.15, 0.2) is 5.60 Å². The van der Waals surface area contributed by atoms with E-state index in [9.17, 15) is 9.90 Å². The summed E-state index contributed by atoms with van der Waals surface area (Å²) in [5.74, 6) is 0.0962. The van der Waals surface area contributed by atoms with Gasteiger partial charge in [-0.1, -0.05) is 24.3 Å². The van der Waals surface area contributed by atoms with Crippen LogP contribution in [0.25, 0.3) is 10.4 Å². The molecule has 2 N–H and O–H groups in total. The van der Waals surface area contributed by atoms with Crippen molar-refractivity contribution in [2.24, 2.45) is 4.99 Å². The van der Waals surface area contributed by atoms with E-state index in [1.165, 1.54) is 11.3 Å². The molecular weight excluding hydrogens is 310 g/mol. The fourth-order valence-electron chi connectivity index (χ4n) is 2.95. The SMILES string of the molecule is N#CCc1ccc(-c2cc3c(s2)N=C2NCC[C@@]2(O)C3=O)cc1. The lowest BCUT2D eigenvalue weighted by Gasteiger charge is -2.23. The van der Waals surface area contributed by atoms with Gasteiger partial charge in [-0.2, -0.15) is 5.26 Å². The van der Waals surface area contributed by atoms with Crippen LogP contribution in [-0.2, 0) is 6.42 Å². The number of aliphatic hydroxyl groups is 1. The molecule has 0 spiro atoms. The summed E-state index contributed by atoms with van der Waals surface area (Å²) in [7, 11) is 0. The number of Topliss-reactive ketones (excluding diaryl/α,β-unsaturated/α-hetero) is 1. The number of carbonyl (C=O) groups excluding carboxylic acids is 1. The number of thiophene rings is 1. The van der Waals surface area contributed by atoms with Crippen LogP contribution in [0.4, 0.5) is 5.00 Å². The van der Waals surface area contributed by atoms with Crippen molar-refractivity contribution in [1.82, 2.24) is 5.32 Å². The normalized spacial score (nSPS) is 21.9. The third-order valence-corrected chi connectivity index (χ3v) is 5.32. The average molecular weight is 323 g/mol. The van der Waals surface area contributed by atoms with E-state index in [4.69, 9.17) is 5.26 Å². The lowest BCUT2D eigenvalue weighted by molar-refractivity contribution is 0.0603. The number of fused-ring (bicyclic) bond motifs is 2. The lowest BCUT2D eigenvalue weighted by Crippen LogP contribution is -2.47. The van der Waals surface area contributed by atoms with Crippen molar-refractivity contribution in [3.8, 4) is 16.5 Å². The molecule has 114 valence electrons. The summed E-state index contributed by atoms with van der Waals surface area (Å²) in [4.78, 5) is 18.0. The Bertz CT molecular complexity index is 876. The van der Waals surface area contributed by atoms with Crippen LogP contribution in [0.1, 0.15) is 22.3 Å². The molecule has 2 aliphatic heterocycles. The highest BCUT2D eigenvalue weighted by Crippen LogP contribution is 2.43. The smallest absolute Gasteiger partial charge is 0.205 e. The number of amidine groups is 1. The molecule has 0 unspecified atom stereocenters. The van der Waals surface area contributed by atoms with E-state index in [0.29, 0.717) is 35.8 Å². The minimum absolute atomic E-state index is 0.272. The van der Waals surface area contributed by atoms with E-state index in [1.54, 1.807) is 6.07 Å². The van der Waals surface area contributed by atoms with Crippen LogP contribution >= 0.6 is 11.3 Å². The Labute approximate surface area is 136 Å². The van der Waals surface area contributed by atoms with E-state index in [1.807, 2.05) is 24.3 Å². The number of carbonyl (C=O) groups is 1. The largest absolute Gasteiger partial charge is 0.374 e. The van der Waals surface area contributed by atoms with Crippen molar-refractivity contribution in [3.63, 3.8) is 0 Å². The van der Waals surface area contributed by atoms with Crippen molar-refractivity contribution in [3.05, 3.63) is 41.5 Å². The maximum atomic E-state index is 12.6. The first kappa shape index (κ1) is 14.1. The molecule has 23 heavy (non-hydrogen) atoms. The van der Waals surface area contributed by atoms with E-state index in [-0.39, 0.29) is 5.78 Å². The summed E-state index contributed by atoms with van der Waals surface area (Å²) in [6.07, 6.45) is 0.740. The van der Waals surface area contributed by atoms with Crippen LogP contribution in [-0.4, -0.2) is 28.9 Å². The molecule has 5 nitrogen and oxygen atoms in total. The molecule has 2 aliphatic rings. The fourth-order valence-corrected chi connectivity index (χ4v) is 3.99. The molecule has 4 rings (SSSR count). The van der Waals surface area contributed by atoms with Gasteiger partial charge in [-0.15, -0.1) is 11.3 Å². The number of nitriles is 1. The first-order valence-corrected chi connectivity index (χ1v) is 8.14. The number of nitrogens with zero attached hydrogens (tertiary/aromatic N) is 2. The lowest BCUT2D eigenvalue weighted by atomic mass is 9.90. The molecule has 0 amide bonds. The Morgan fingerprint density at radius 2 is 2.17 bits per heavy atom. The predicted octanol–water partition coefficient (Wildman–Crippen LogP) is 2.43. The second kappa shape index (κ2) is 5.01. The molecule has 1 atom stereocenters. The van der Waals surface area contributed by atoms with Crippen LogP contribution in [0.2, 0.25) is 0 Å². The van der Waals surface area contributed by atoms with Crippen molar-refractivity contribution in [2.45, 2.75) is 18.4 Å². The molecule has 0 radical (unpaired) electrons. The highest BCUT2D eigenvalue weighted by atomic mass is 32.1. The number of aliphatic imine (C=N–C) groups is 1. The number of hydrogen-bond acceptors (Lipinski definition) is 6. The summed E-state index contributed by atoms with van der Waals surface area (Å²) in [6.45, 7) is 0.559. The van der Waals surface area contributed by atoms with Gasteiger partial charge in [0.1, 0.15) is 10.8 Å². The Morgan fingerprint density at radius 3 is 2.91 bits per heavy atom. The van der Waals surface area contributed by atoms with Crippen LogP contribution < -0.4 is 5.32 Å². The second-order valence-corrected chi connectivity index (χ2v) is 6.72. The van der Waals surface area contributed by atoms with Gasteiger partial charge in [0.2, 0.25) is 5.78 Å². The second-order valence-electron chi connectivity index (χ2n) is 5.69. The van der Waals surface area contributed by atoms with Crippen molar-refractivity contribution in [2.75, 3.05) is 6.54 Å². The number of nitrogens with one attached hydrogen (secondary N) is 1. The molecule has 1 saturated heterocycles. The first-order valence-electron chi connectivity index (χ1n) is 7.32. The summed E-state index contributed by atoms with van der Waals surface area (Å²) in [5.41, 5.74) is 0.939. The van der Waals surface area contributed by atoms with Gasteiger partial charge in [-0.05, 0) is 17.2 Å². The van der Waals surface area contributed by atoms with E-state index in [2.05, 4.69) is 16.4 Å². The minimum Gasteiger partial charge on any atom is -0.374 e. The molecule has 6 heteroatoms. The van der Waals surface area contributed by atoms with Crippen LogP contribution in [0, 0.1) is 11.3 Å². The number of hydrogen-bond donors (Lipinski definition) is 2. The zero-order valence-electron chi connectivity index (χ0n) is 12.2. The Kier molecular flexibility index (Phi) is 3.08. The van der Waals surface area contributed by atoms with Gasteiger partial charge >= 0.3 is 0 Å². The van der Waals surface area contributed by atoms with Crippen LogP contribution in [0.3, 0.4) is 0 Å². The average Bonchev–Trinajstić information content (AvgIpc) is 3.14. The van der Waals surface area contributed by atoms with Crippen molar-refractivity contribution in [1.29, 1.82) is 5.26 Å². The third kappa shape index (κ3) is 2.09. The molecule has 2 aromatic rings. The Balaban J connectivity index is 1.74. The third-order valence-electron chi connectivity index (χ3n) is 4.24. The topological polar surface area (TPSA) is 85.5 Å². The van der Waals surface area contributed by atoms with Gasteiger partial charge in [0.25, 0.3) is 0 Å². The number of benzene rings is 1. The van der Waals surface area contributed by atoms with Crippen molar-refractivity contribution >= 4 is 28.0 Å². The zero-order chi connectivity index (χ0) is 16.0. The Morgan fingerprint density at radius 1 is 1.39 bits per heavy atom. The van der Waals surface area contributed by atoms with Gasteiger partial charge in [-0.25, -0.2) is 4.99 Å². The zero-order valence-corrected chi connectivity index (χ0v) is 13.0. The summed E-state index contributed by atoms with van der Waals surface area (Å²) in [6, 6.07) is 11.6. The predicted molar refractivity (Wildman–Crippen MR) is 88.1 cm³/mol. The van der Waals surface area contributed by atoms with Crippen molar-refractivity contribution < 1.29 is 9.90 Å². The molecule has 0 aliphatic carbocycles. The van der Waals surface area contributed by atoms with Gasteiger partial charge in [0, 0.05) is 17.8 Å². The molecule has 1 aromatic carbocycles. The Hall–Kier alpha value is -2.49. The molecule has 3 heterocycles. The fraction of sp³-hybridized carbons (Fsp3) is 0.235. The molecule has 1 fully saturated rings. The van der Waals surface area contributed by atoms with Crippen LogP contribution in [0.15, 0.2) is 35.3 Å². The summed E-state index contributed by atoms with van der Waals surface area (Å²) >= 11 is 1.43. The maximum absolute atomic E-state index is 12.6. The van der Waals surface area contributed by atoms with Gasteiger partial charge in [-0.3, -0.25) is 4.79 Å². The highest BCUT2D eigenvalue weighted by Gasteiger charge is 2.49. The maximum Gasteiger partial charge on any atom is 0.205 e. The molecule has 1 aromatic heterocycles. The summed E-state index contributed by atoms with van der Waals surface area (Å²) < 4.78 is 0. The monoisotopic (exact) mass is 323 g/mol. The van der Waals surface area contributed by atoms with E-state index in [0.717, 1.165) is 16.0 Å².